The molecule has 7 heteroatoms. The van der Waals surface area contributed by atoms with Crippen LogP contribution in [0, 0.1) is 5.92 Å². The molecular formula is C19H32N4O2S. The maximum atomic E-state index is 12.7. The SMILES string of the molecule is CCN(CC)C(=O)N1CCC[C@@H](C(=O)NC[C@@H](c2cccs2)N(C)C)C1. The second-order valence-electron chi connectivity index (χ2n) is 6.98. The molecule has 146 valence electrons. The highest BCUT2D eigenvalue weighted by molar-refractivity contribution is 7.10. The van der Waals surface area contributed by atoms with Crippen LogP contribution in [0.15, 0.2) is 17.5 Å². The number of likely N-dealkylation sites (tertiary alicyclic amines) is 1. The Labute approximate surface area is 161 Å². The minimum Gasteiger partial charge on any atom is -0.354 e. The van der Waals surface area contributed by atoms with Crippen molar-refractivity contribution in [2.45, 2.75) is 32.7 Å². The van der Waals surface area contributed by atoms with E-state index in [9.17, 15) is 9.59 Å². The molecular weight excluding hydrogens is 348 g/mol. The average Bonchev–Trinajstić information content (AvgIpc) is 3.16. The van der Waals surface area contributed by atoms with E-state index in [4.69, 9.17) is 0 Å². The van der Waals surface area contributed by atoms with E-state index in [1.165, 1.54) is 4.88 Å². The van der Waals surface area contributed by atoms with Gasteiger partial charge in [0.2, 0.25) is 5.91 Å². The number of amides is 3. The molecule has 1 aliphatic rings. The summed E-state index contributed by atoms with van der Waals surface area (Å²) in [6.45, 7) is 7.24. The van der Waals surface area contributed by atoms with Crippen molar-refractivity contribution in [2.75, 3.05) is 46.8 Å². The smallest absolute Gasteiger partial charge is 0.320 e. The van der Waals surface area contributed by atoms with Crippen LogP contribution in [-0.4, -0.2) is 73.5 Å². The molecule has 2 heterocycles. The Kier molecular flexibility index (Phi) is 7.90. The van der Waals surface area contributed by atoms with Gasteiger partial charge in [-0.25, -0.2) is 4.79 Å². The predicted octanol–water partition coefficient (Wildman–Crippen LogP) is 2.64. The van der Waals surface area contributed by atoms with Crippen molar-refractivity contribution >= 4 is 23.3 Å². The Morgan fingerprint density at radius 1 is 1.35 bits per heavy atom. The summed E-state index contributed by atoms with van der Waals surface area (Å²) >= 11 is 1.71. The van der Waals surface area contributed by atoms with Crippen molar-refractivity contribution in [3.8, 4) is 0 Å². The number of thiophene rings is 1. The second-order valence-corrected chi connectivity index (χ2v) is 7.96. The fourth-order valence-corrected chi connectivity index (χ4v) is 4.34. The summed E-state index contributed by atoms with van der Waals surface area (Å²) in [4.78, 5) is 32.3. The van der Waals surface area contributed by atoms with Crippen molar-refractivity contribution in [3.05, 3.63) is 22.4 Å². The minimum atomic E-state index is -0.116. The third-order valence-electron chi connectivity index (χ3n) is 5.06. The monoisotopic (exact) mass is 380 g/mol. The van der Waals surface area contributed by atoms with E-state index in [0.29, 0.717) is 26.2 Å². The molecule has 0 bridgehead atoms. The van der Waals surface area contributed by atoms with Crippen LogP contribution >= 0.6 is 11.3 Å². The quantitative estimate of drug-likeness (QED) is 0.791. The first-order valence-corrected chi connectivity index (χ1v) is 10.4. The number of carbonyl (C=O) groups is 2. The van der Waals surface area contributed by atoms with Gasteiger partial charge in [-0.2, -0.15) is 0 Å². The van der Waals surface area contributed by atoms with E-state index in [1.807, 2.05) is 43.8 Å². The topological polar surface area (TPSA) is 55.9 Å². The third-order valence-corrected chi connectivity index (χ3v) is 6.03. The zero-order chi connectivity index (χ0) is 19.1. The molecule has 0 aromatic carbocycles. The van der Waals surface area contributed by atoms with Crippen molar-refractivity contribution in [1.82, 2.24) is 20.0 Å². The number of nitrogens with zero attached hydrogens (tertiary/aromatic N) is 3. The van der Waals surface area contributed by atoms with Crippen LogP contribution in [0.2, 0.25) is 0 Å². The normalized spacial score (nSPS) is 18.7. The Hall–Kier alpha value is -1.60. The van der Waals surface area contributed by atoms with Gasteiger partial charge in [0.25, 0.3) is 0 Å². The summed E-state index contributed by atoms with van der Waals surface area (Å²) in [5.41, 5.74) is 0. The number of nitrogens with one attached hydrogen (secondary N) is 1. The molecule has 0 unspecified atom stereocenters. The van der Waals surface area contributed by atoms with E-state index in [2.05, 4.69) is 21.7 Å². The summed E-state index contributed by atoms with van der Waals surface area (Å²) in [7, 11) is 4.06. The molecule has 3 amide bonds. The highest BCUT2D eigenvalue weighted by Gasteiger charge is 2.30. The average molecular weight is 381 g/mol. The van der Waals surface area contributed by atoms with E-state index in [1.54, 1.807) is 11.3 Å². The maximum absolute atomic E-state index is 12.7. The van der Waals surface area contributed by atoms with Gasteiger partial charge in [0.15, 0.2) is 0 Å². The van der Waals surface area contributed by atoms with Gasteiger partial charge in [-0.1, -0.05) is 6.07 Å². The number of hydrogen-bond acceptors (Lipinski definition) is 4. The Morgan fingerprint density at radius 3 is 2.65 bits per heavy atom. The second kappa shape index (κ2) is 9.92. The fourth-order valence-electron chi connectivity index (χ4n) is 3.42. The summed E-state index contributed by atoms with van der Waals surface area (Å²) in [5, 5.41) is 5.17. The molecule has 2 atom stereocenters. The van der Waals surface area contributed by atoms with Gasteiger partial charge in [-0.3, -0.25) is 4.79 Å². The number of rotatable bonds is 7. The summed E-state index contributed by atoms with van der Waals surface area (Å²) in [6, 6.07) is 4.37. The first-order valence-electron chi connectivity index (χ1n) is 9.49. The largest absolute Gasteiger partial charge is 0.354 e. The van der Waals surface area contributed by atoms with Crippen LogP contribution < -0.4 is 5.32 Å². The van der Waals surface area contributed by atoms with Crippen LogP contribution in [0.1, 0.15) is 37.6 Å². The van der Waals surface area contributed by atoms with Gasteiger partial charge < -0.3 is 20.0 Å². The van der Waals surface area contributed by atoms with Crippen molar-refractivity contribution in [1.29, 1.82) is 0 Å². The molecule has 1 fully saturated rings. The van der Waals surface area contributed by atoms with Gasteiger partial charge in [-0.05, 0) is 52.2 Å². The standard InChI is InChI=1S/C19H32N4O2S/c1-5-22(6-2)19(25)23-11-7-9-15(14-23)18(24)20-13-16(21(3)4)17-10-8-12-26-17/h8,10,12,15-16H,5-7,9,11,13-14H2,1-4H3,(H,20,24)/t15-,16+/m1/s1. The van der Waals surface area contributed by atoms with E-state index in [0.717, 1.165) is 19.4 Å². The number of hydrogen-bond donors (Lipinski definition) is 1. The van der Waals surface area contributed by atoms with E-state index < -0.39 is 0 Å². The Balaban J connectivity index is 1.91. The molecule has 1 N–H and O–H groups in total. The van der Waals surface area contributed by atoms with Crippen molar-refractivity contribution in [3.63, 3.8) is 0 Å². The molecule has 0 saturated carbocycles. The highest BCUT2D eigenvalue weighted by atomic mass is 32.1. The number of likely N-dealkylation sites (N-methyl/N-ethyl adjacent to an activating group) is 1. The van der Waals surface area contributed by atoms with Gasteiger partial charge in [0.05, 0.1) is 12.0 Å². The number of carbonyl (C=O) groups excluding carboxylic acids is 2. The molecule has 1 aliphatic heterocycles. The van der Waals surface area contributed by atoms with Crippen molar-refractivity contribution in [2.24, 2.45) is 5.92 Å². The lowest BCUT2D eigenvalue weighted by Crippen LogP contribution is -2.50. The molecule has 0 radical (unpaired) electrons. The zero-order valence-electron chi connectivity index (χ0n) is 16.4. The van der Waals surface area contributed by atoms with Gasteiger partial charge >= 0.3 is 6.03 Å². The Morgan fingerprint density at radius 2 is 2.08 bits per heavy atom. The predicted molar refractivity (Wildman–Crippen MR) is 106 cm³/mol. The lowest BCUT2D eigenvalue weighted by molar-refractivity contribution is -0.126. The first kappa shape index (κ1) is 20.7. The lowest BCUT2D eigenvalue weighted by atomic mass is 9.97. The van der Waals surface area contributed by atoms with Gasteiger partial charge in [0, 0.05) is 37.6 Å². The van der Waals surface area contributed by atoms with Crippen LogP contribution in [-0.2, 0) is 4.79 Å². The van der Waals surface area contributed by atoms with Crippen LogP contribution in [0.4, 0.5) is 4.79 Å². The van der Waals surface area contributed by atoms with Crippen LogP contribution in [0.5, 0.6) is 0 Å². The number of piperidine rings is 1. The summed E-state index contributed by atoms with van der Waals surface area (Å²) in [6.07, 6.45) is 1.73. The summed E-state index contributed by atoms with van der Waals surface area (Å²) < 4.78 is 0. The lowest BCUT2D eigenvalue weighted by Gasteiger charge is -2.35. The van der Waals surface area contributed by atoms with Gasteiger partial charge in [-0.15, -0.1) is 11.3 Å². The molecule has 0 aliphatic carbocycles. The van der Waals surface area contributed by atoms with Crippen LogP contribution in [0.3, 0.4) is 0 Å². The zero-order valence-corrected chi connectivity index (χ0v) is 17.2. The first-order chi connectivity index (χ1) is 12.5. The molecule has 26 heavy (non-hydrogen) atoms. The highest BCUT2D eigenvalue weighted by Crippen LogP contribution is 2.23. The molecule has 6 nitrogen and oxygen atoms in total. The third kappa shape index (κ3) is 5.20. The molecule has 2 rings (SSSR count). The maximum Gasteiger partial charge on any atom is 0.320 e. The molecule has 1 saturated heterocycles. The molecule has 1 aromatic heterocycles. The van der Waals surface area contributed by atoms with Crippen molar-refractivity contribution < 1.29 is 9.59 Å². The van der Waals surface area contributed by atoms with E-state index >= 15 is 0 Å². The number of urea groups is 1. The fraction of sp³-hybridized carbons (Fsp3) is 0.684. The van der Waals surface area contributed by atoms with Crippen LogP contribution in [0.25, 0.3) is 0 Å². The Bertz CT molecular complexity index is 572. The summed E-state index contributed by atoms with van der Waals surface area (Å²) in [5.74, 6) is -0.0557. The molecule has 0 spiro atoms. The molecule has 1 aromatic rings. The van der Waals surface area contributed by atoms with E-state index in [-0.39, 0.29) is 23.9 Å². The van der Waals surface area contributed by atoms with Gasteiger partial charge in [0.1, 0.15) is 0 Å². The minimum absolute atomic E-state index is 0.0530.